The van der Waals surface area contributed by atoms with Crippen LogP contribution in [0.1, 0.15) is 16.7 Å². The number of rotatable bonds is 6. The minimum absolute atomic E-state index is 0.275. The van der Waals surface area contributed by atoms with Gasteiger partial charge in [-0.1, -0.05) is 12.1 Å². The second kappa shape index (κ2) is 6.91. The van der Waals surface area contributed by atoms with Crippen LogP contribution in [0.2, 0.25) is 0 Å². The number of nitro groups is 1. The first kappa shape index (κ1) is 15.8. The van der Waals surface area contributed by atoms with Crippen LogP contribution in [-0.2, 0) is 17.8 Å². The van der Waals surface area contributed by atoms with Gasteiger partial charge < -0.3 is 14.6 Å². The average Bonchev–Trinajstić information content (AvgIpc) is 2.50. The molecule has 0 saturated heterocycles. The van der Waals surface area contributed by atoms with Gasteiger partial charge in [0.05, 0.1) is 18.6 Å². The molecule has 0 radical (unpaired) electrons. The smallest absolute Gasteiger partial charge is 0.311 e. The van der Waals surface area contributed by atoms with Crippen LogP contribution in [0.4, 0.5) is 5.69 Å². The molecule has 0 unspecified atom stereocenters. The van der Waals surface area contributed by atoms with Gasteiger partial charge in [0.2, 0.25) is 0 Å². The van der Waals surface area contributed by atoms with Crippen LogP contribution in [0.5, 0.6) is 11.5 Å². The van der Waals surface area contributed by atoms with E-state index >= 15 is 0 Å². The third kappa shape index (κ3) is 3.53. The molecule has 1 N–H and O–H groups in total. The van der Waals surface area contributed by atoms with Crippen molar-refractivity contribution in [3.05, 3.63) is 63.2 Å². The molecule has 0 amide bonds. The number of hydrogen-bond donors (Lipinski definition) is 1. The van der Waals surface area contributed by atoms with Gasteiger partial charge in [-0.05, 0) is 41.3 Å². The maximum absolute atomic E-state index is 11.0. The van der Waals surface area contributed by atoms with Crippen LogP contribution in [0.25, 0.3) is 0 Å². The van der Waals surface area contributed by atoms with Crippen molar-refractivity contribution in [2.45, 2.75) is 13.0 Å². The highest BCUT2D eigenvalue weighted by Gasteiger charge is 2.17. The second-order valence-corrected chi connectivity index (χ2v) is 4.82. The van der Waals surface area contributed by atoms with Crippen LogP contribution >= 0.6 is 0 Å². The molecule has 0 spiro atoms. The molecule has 22 heavy (non-hydrogen) atoms. The fourth-order valence-corrected chi connectivity index (χ4v) is 2.23. The maximum Gasteiger partial charge on any atom is 0.311 e. The number of methoxy groups -OCH3 is 2. The fraction of sp³-hybridized carbons (Fsp3) is 0.250. The molecule has 0 bridgehead atoms. The van der Waals surface area contributed by atoms with Crippen LogP contribution in [0.15, 0.2) is 36.4 Å². The van der Waals surface area contributed by atoms with Gasteiger partial charge in [0.15, 0.2) is 5.75 Å². The van der Waals surface area contributed by atoms with Crippen LogP contribution in [0.3, 0.4) is 0 Å². The number of hydrogen-bond acceptors (Lipinski definition) is 5. The zero-order valence-electron chi connectivity index (χ0n) is 12.4. The van der Waals surface area contributed by atoms with E-state index < -0.39 is 4.92 Å². The van der Waals surface area contributed by atoms with Gasteiger partial charge in [-0.3, -0.25) is 10.1 Å². The number of phenols is 1. The van der Waals surface area contributed by atoms with Crippen molar-refractivity contribution >= 4 is 5.69 Å². The standard InChI is InChI=1S/C16H17NO5/c1-21-10-13-9-16(18)15(17(19)20)8-12(13)7-11-3-5-14(22-2)6-4-11/h3-6,8-9,18H,7,10H2,1-2H3. The third-order valence-corrected chi connectivity index (χ3v) is 3.35. The Morgan fingerprint density at radius 1 is 1.14 bits per heavy atom. The van der Waals surface area contributed by atoms with E-state index in [4.69, 9.17) is 9.47 Å². The lowest BCUT2D eigenvalue weighted by atomic mass is 9.99. The Balaban J connectivity index is 2.37. The maximum atomic E-state index is 11.0. The van der Waals surface area contributed by atoms with Crippen molar-refractivity contribution < 1.29 is 19.5 Å². The second-order valence-electron chi connectivity index (χ2n) is 4.82. The normalized spacial score (nSPS) is 10.5. The third-order valence-electron chi connectivity index (χ3n) is 3.35. The van der Waals surface area contributed by atoms with E-state index in [1.54, 1.807) is 7.11 Å². The molecule has 0 saturated carbocycles. The van der Waals surface area contributed by atoms with E-state index in [2.05, 4.69) is 0 Å². The first-order valence-corrected chi connectivity index (χ1v) is 6.66. The van der Waals surface area contributed by atoms with E-state index in [0.29, 0.717) is 6.42 Å². The van der Waals surface area contributed by atoms with E-state index in [1.165, 1.54) is 19.2 Å². The number of phenolic OH excluding ortho intramolecular Hbond substituents is 1. The van der Waals surface area contributed by atoms with Crippen molar-refractivity contribution in [2.75, 3.05) is 14.2 Å². The Hall–Kier alpha value is -2.60. The largest absolute Gasteiger partial charge is 0.502 e. The summed E-state index contributed by atoms with van der Waals surface area (Å²) in [6.07, 6.45) is 0.504. The molecule has 2 rings (SSSR count). The fourth-order valence-electron chi connectivity index (χ4n) is 2.23. The summed E-state index contributed by atoms with van der Waals surface area (Å²) in [5.41, 5.74) is 2.15. The molecular weight excluding hydrogens is 286 g/mol. The van der Waals surface area contributed by atoms with Crippen molar-refractivity contribution in [2.24, 2.45) is 0 Å². The van der Waals surface area contributed by atoms with Gasteiger partial charge in [0, 0.05) is 13.2 Å². The lowest BCUT2D eigenvalue weighted by Crippen LogP contribution is -2.00. The van der Waals surface area contributed by atoms with Gasteiger partial charge in [0.1, 0.15) is 5.75 Å². The van der Waals surface area contributed by atoms with Gasteiger partial charge in [-0.2, -0.15) is 0 Å². The molecule has 6 nitrogen and oxygen atoms in total. The van der Waals surface area contributed by atoms with Crippen molar-refractivity contribution in [3.8, 4) is 11.5 Å². The van der Waals surface area contributed by atoms with Crippen molar-refractivity contribution in [3.63, 3.8) is 0 Å². The van der Waals surface area contributed by atoms with E-state index in [9.17, 15) is 15.2 Å². The van der Waals surface area contributed by atoms with Crippen molar-refractivity contribution in [1.29, 1.82) is 0 Å². The molecular formula is C16H17NO5. The summed E-state index contributed by atoms with van der Waals surface area (Å²) >= 11 is 0. The predicted molar refractivity (Wildman–Crippen MR) is 81.3 cm³/mol. The summed E-state index contributed by atoms with van der Waals surface area (Å²) in [7, 11) is 3.13. The highest BCUT2D eigenvalue weighted by molar-refractivity contribution is 5.52. The molecule has 0 aliphatic heterocycles. The summed E-state index contributed by atoms with van der Waals surface area (Å²) in [5, 5.41) is 20.7. The molecule has 0 fully saturated rings. The molecule has 0 aliphatic rings. The molecule has 6 heteroatoms. The van der Waals surface area contributed by atoms with Crippen LogP contribution < -0.4 is 4.74 Å². The monoisotopic (exact) mass is 303 g/mol. The zero-order valence-corrected chi connectivity index (χ0v) is 12.4. The zero-order chi connectivity index (χ0) is 16.1. The van der Waals surface area contributed by atoms with Crippen molar-refractivity contribution in [1.82, 2.24) is 0 Å². The van der Waals surface area contributed by atoms with Gasteiger partial charge >= 0.3 is 5.69 Å². The number of nitro benzene ring substituents is 1. The average molecular weight is 303 g/mol. The molecule has 2 aromatic rings. The topological polar surface area (TPSA) is 81.8 Å². The summed E-state index contributed by atoms with van der Waals surface area (Å²) in [6, 6.07) is 10.2. The van der Waals surface area contributed by atoms with Gasteiger partial charge in [-0.25, -0.2) is 0 Å². The Morgan fingerprint density at radius 3 is 2.36 bits per heavy atom. The Bertz CT molecular complexity index is 667. The van der Waals surface area contributed by atoms with Gasteiger partial charge in [-0.15, -0.1) is 0 Å². The predicted octanol–water partition coefficient (Wildman–Crippen LogP) is 3.05. The van der Waals surface area contributed by atoms with Crippen LogP contribution in [-0.4, -0.2) is 24.2 Å². The molecule has 116 valence electrons. The summed E-state index contributed by atoms with van der Waals surface area (Å²) in [6.45, 7) is 0.275. The number of nitrogens with zero attached hydrogens (tertiary/aromatic N) is 1. The number of benzene rings is 2. The summed E-state index contributed by atoms with van der Waals surface area (Å²) in [4.78, 5) is 10.4. The minimum atomic E-state index is -0.594. The highest BCUT2D eigenvalue weighted by atomic mass is 16.6. The molecule has 0 aliphatic carbocycles. The van der Waals surface area contributed by atoms with E-state index in [-0.39, 0.29) is 18.0 Å². The molecule has 0 heterocycles. The number of ether oxygens (including phenoxy) is 2. The van der Waals surface area contributed by atoms with E-state index in [0.717, 1.165) is 22.4 Å². The minimum Gasteiger partial charge on any atom is -0.502 e. The summed E-state index contributed by atoms with van der Waals surface area (Å²) < 4.78 is 10.2. The van der Waals surface area contributed by atoms with Crippen LogP contribution in [0, 0.1) is 10.1 Å². The molecule has 0 aromatic heterocycles. The first-order chi connectivity index (χ1) is 10.5. The quantitative estimate of drug-likeness (QED) is 0.655. The van der Waals surface area contributed by atoms with Gasteiger partial charge in [0.25, 0.3) is 0 Å². The summed E-state index contributed by atoms with van der Waals surface area (Å²) in [5.74, 6) is 0.396. The lowest BCUT2D eigenvalue weighted by molar-refractivity contribution is -0.385. The Labute approximate surface area is 128 Å². The SMILES string of the molecule is COCc1cc(O)c([N+](=O)[O-])cc1Cc1ccc(OC)cc1. The Kier molecular flexibility index (Phi) is 4.95. The Morgan fingerprint density at radius 2 is 1.82 bits per heavy atom. The van der Waals surface area contributed by atoms with E-state index in [1.807, 2.05) is 24.3 Å². The molecule has 0 atom stereocenters. The highest BCUT2D eigenvalue weighted by Crippen LogP contribution is 2.31. The number of aromatic hydroxyl groups is 1. The first-order valence-electron chi connectivity index (χ1n) is 6.66. The lowest BCUT2D eigenvalue weighted by Gasteiger charge is -2.10. The molecule has 2 aromatic carbocycles.